The average molecular weight is 355 g/mol. The average Bonchev–Trinajstić information content (AvgIpc) is 2.95. The third-order valence-corrected chi connectivity index (χ3v) is 6.12. The molecule has 0 amide bonds. The molecular weight excluding hydrogens is 334 g/mol. The third-order valence-electron chi connectivity index (χ3n) is 4.15. The van der Waals surface area contributed by atoms with E-state index in [0.29, 0.717) is 43.9 Å². The maximum atomic E-state index is 12.8. The zero-order valence-electron chi connectivity index (χ0n) is 13.5. The van der Waals surface area contributed by atoms with E-state index in [2.05, 4.69) is 9.88 Å². The van der Waals surface area contributed by atoms with E-state index in [1.54, 1.807) is 0 Å². The summed E-state index contributed by atoms with van der Waals surface area (Å²) in [4.78, 5) is 16.0. The summed E-state index contributed by atoms with van der Waals surface area (Å²) >= 11 is 0. The lowest BCUT2D eigenvalue weighted by Gasteiger charge is -2.29. The number of fused-ring (bicyclic) bond motifs is 1. The van der Waals surface area contributed by atoms with Crippen molar-refractivity contribution in [3.8, 4) is 0 Å². The molecule has 0 spiro atoms. The summed E-state index contributed by atoms with van der Waals surface area (Å²) in [5.74, 6) is -0.598. The van der Waals surface area contributed by atoms with Gasteiger partial charge >= 0.3 is 5.76 Å². The number of aromatic nitrogens is 1. The van der Waals surface area contributed by atoms with Gasteiger partial charge in [-0.15, -0.1) is 0 Å². The number of benzene rings is 1. The van der Waals surface area contributed by atoms with Crippen LogP contribution in [0.5, 0.6) is 0 Å². The summed E-state index contributed by atoms with van der Waals surface area (Å²) in [6, 6.07) is 4.40. The molecule has 0 atom stereocenters. The van der Waals surface area contributed by atoms with Crippen molar-refractivity contribution in [2.75, 3.05) is 45.9 Å². The van der Waals surface area contributed by atoms with E-state index in [1.807, 2.05) is 6.92 Å². The molecule has 1 saturated heterocycles. The summed E-state index contributed by atoms with van der Waals surface area (Å²) in [7, 11) is -3.62. The molecule has 8 nitrogen and oxygen atoms in total. The summed E-state index contributed by atoms with van der Waals surface area (Å²) < 4.78 is 37.4. The van der Waals surface area contributed by atoms with Crippen LogP contribution in [-0.4, -0.2) is 68.5 Å². The quantitative estimate of drug-likeness (QED) is 0.809. The van der Waals surface area contributed by atoms with E-state index < -0.39 is 15.8 Å². The molecule has 9 heteroatoms. The Morgan fingerprint density at radius 1 is 1.29 bits per heavy atom. The van der Waals surface area contributed by atoms with Crippen LogP contribution in [0.25, 0.3) is 11.1 Å². The largest absolute Gasteiger partial charge is 0.417 e. The van der Waals surface area contributed by atoms with Gasteiger partial charge in [-0.1, -0.05) is 6.92 Å². The second-order valence-electron chi connectivity index (χ2n) is 5.62. The van der Waals surface area contributed by atoms with Crippen LogP contribution in [0, 0.1) is 0 Å². The molecule has 0 bridgehead atoms. The van der Waals surface area contributed by atoms with Crippen LogP contribution in [0.3, 0.4) is 0 Å². The van der Waals surface area contributed by atoms with Crippen molar-refractivity contribution in [2.45, 2.75) is 11.8 Å². The summed E-state index contributed by atoms with van der Waals surface area (Å²) in [6.07, 6.45) is 0. The Morgan fingerprint density at radius 2 is 2.04 bits per heavy atom. The first-order valence-corrected chi connectivity index (χ1v) is 9.38. The van der Waals surface area contributed by atoms with Crippen molar-refractivity contribution < 1.29 is 17.6 Å². The molecule has 0 aliphatic carbocycles. The van der Waals surface area contributed by atoms with Crippen molar-refractivity contribution in [1.82, 2.24) is 14.2 Å². The van der Waals surface area contributed by atoms with Crippen LogP contribution in [-0.2, 0) is 14.8 Å². The fraction of sp³-hybridized carbons (Fsp3) is 0.533. The van der Waals surface area contributed by atoms with E-state index in [9.17, 15) is 13.2 Å². The summed E-state index contributed by atoms with van der Waals surface area (Å²) in [5.41, 5.74) is 0.723. The third kappa shape index (κ3) is 3.54. The van der Waals surface area contributed by atoms with E-state index in [-0.39, 0.29) is 4.90 Å². The van der Waals surface area contributed by atoms with Gasteiger partial charge in [0.15, 0.2) is 5.58 Å². The van der Waals surface area contributed by atoms with Gasteiger partial charge in [0, 0.05) is 32.7 Å². The van der Waals surface area contributed by atoms with Gasteiger partial charge in [-0.05, 0) is 18.2 Å². The zero-order chi connectivity index (χ0) is 17.2. The van der Waals surface area contributed by atoms with Gasteiger partial charge in [-0.25, -0.2) is 13.2 Å². The Hall–Kier alpha value is -1.68. The van der Waals surface area contributed by atoms with E-state index >= 15 is 0 Å². The second-order valence-corrected chi connectivity index (χ2v) is 7.56. The molecule has 0 saturated carbocycles. The number of morpholine rings is 1. The van der Waals surface area contributed by atoms with Crippen molar-refractivity contribution in [3.63, 3.8) is 0 Å². The fourth-order valence-electron chi connectivity index (χ4n) is 2.77. The smallest absolute Gasteiger partial charge is 0.408 e. The maximum Gasteiger partial charge on any atom is 0.417 e. The topological polar surface area (TPSA) is 95.8 Å². The predicted molar refractivity (Wildman–Crippen MR) is 88.5 cm³/mol. The normalized spacial score (nSPS) is 16.9. The molecule has 2 aromatic rings. The molecule has 3 rings (SSSR count). The van der Waals surface area contributed by atoms with Crippen LogP contribution in [0.4, 0.5) is 0 Å². The standard InChI is InChI=1S/C15H21N3O5S/c1-2-18(6-5-17-7-9-22-10-8-17)24(20,21)12-3-4-14-13(11-12)16-15(19)23-14/h3-4,11H,2,5-10H2,1H3,(H,16,19). The molecule has 1 aromatic carbocycles. The molecule has 1 aliphatic heterocycles. The molecule has 1 aliphatic rings. The van der Waals surface area contributed by atoms with E-state index in [1.165, 1.54) is 22.5 Å². The van der Waals surface area contributed by atoms with Crippen LogP contribution in [0.2, 0.25) is 0 Å². The number of hydrogen-bond acceptors (Lipinski definition) is 6. The fourth-order valence-corrected chi connectivity index (χ4v) is 4.23. The highest BCUT2D eigenvalue weighted by molar-refractivity contribution is 7.89. The number of aromatic amines is 1. The second kappa shape index (κ2) is 7.06. The molecule has 0 radical (unpaired) electrons. The number of sulfonamides is 1. The van der Waals surface area contributed by atoms with Crippen LogP contribution < -0.4 is 5.76 Å². The Kier molecular flexibility index (Phi) is 5.04. The van der Waals surface area contributed by atoms with Crippen LogP contribution in [0.15, 0.2) is 32.3 Å². The minimum Gasteiger partial charge on any atom is -0.408 e. The number of H-pyrrole nitrogens is 1. The first-order valence-electron chi connectivity index (χ1n) is 7.94. The van der Waals surface area contributed by atoms with Gasteiger partial charge in [-0.3, -0.25) is 9.88 Å². The predicted octanol–water partition coefficient (Wildman–Crippen LogP) is 0.464. The molecular formula is C15H21N3O5S. The van der Waals surface area contributed by atoms with Crippen LogP contribution >= 0.6 is 0 Å². The Balaban J connectivity index is 1.78. The van der Waals surface area contributed by atoms with E-state index in [0.717, 1.165) is 13.1 Å². The minimum absolute atomic E-state index is 0.149. The zero-order valence-corrected chi connectivity index (χ0v) is 14.3. The Morgan fingerprint density at radius 3 is 2.75 bits per heavy atom. The molecule has 1 aromatic heterocycles. The van der Waals surface area contributed by atoms with Crippen molar-refractivity contribution >= 4 is 21.1 Å². The van der Waals surface area contributed by atoms with Gasteiger partial charge in [0.25, 0.3) is 0 Å². The van der Waals surface area contributed by atoms with Crippen molar-refractivity contribution in [3.05, 3.63) is 28.7 Å². The lowest BCUT2D eigenvalue weighted by Crippen LogP contribution is -2.43. The summed E-state index contributed by atoms with van der Waals surface area (Å²) in [6.45, 7) is 6.29. The van der Waals surface area contributed by atoms with Gasteiger partial charge < -0.3 is 9.15 Å². The molecule has 24 heavy (non-hydrogen) atoms. The van der Waals surface area contributed by atoms with Crippen molar-refractivity contribution in [1.29, 1.82) is 0 Å². The number of likely N-dealkylation sites (N-methyl/N-ethyl adjacent to an activating group) is 1. The number of nitrogens with zero attached hydrogens (tertiary/aromatic N) is 2. The summed E-state index contributed by atoms with van der Waals surface area (Å²) in [5, 5.41) is 0. The number of oxazole rings is 1. The van der Waals surface area contributed by atoms with E-state index in [4.69, 9.17) is 9.15 Å². The molecule has 1 N–H and O–H groups in total. The Bertz CT molecular complexity index is 851. The SMILES string of the molecule is CCN(CCN1CCOCC1)S(=O)(=O)c1ccc2oc(=O)[nH]c2c1. The highest BCUT2D eigenvalue weighted by Crippen LogP contribution is 2.20. The minimum atomic E-state index is -3.62. The Labute approximate surface area is 140 Å². The van der Waals surface area contributed by atoms with Gasteiger partial charge in [0.1, 0.15) is 0 Å². The molecule has 132 valence electrons. The van der Waals surface area contributed by atoms with Gasteiger partial charge in [-0.2, -0.15) is 4.31 Å². The van der Waals surface area contributed by atoms with Crippen molar-refractivity contribution in [2.24, 2.45) is 0 Å². The maximum absolute atomic E-state index is 12.8. The molecule has 1 fully saturated rings. The first-order chi connectivity index (χ1) is 11.5. The lowest BCUT2D eigenvalue weighted by molar-refractivity contribution is 0.0364. The number of rotatable bonds is 6. The van der Waals surface area contributed by atoms with Gasteiger partial charge in [0.2, 0.25) is 10.0 Å². The van der Waals surface area contributed by atoms with Crippen LogP contribution in [0.1, 0.15) is 6.92 Å². The molecule has 0 unspecified atom stereocenters. The highest BCUT2D eigenvalue weighted by atomic mass is 32.2. The first kappa shape index (κ1) is 17.2. The lowest BCUT2D eigenvalue weighted by atomic mass is 10.3. The number of ether oxygens (including phenoxy) is 1. The number of nitrogens with one attached hydrogen (secondary N) is 1. The number of hydrogen-bond donors (Lipinski definition) is 1. The monoisotopic (exact) mass is 355 g/mol. The molecule has 2 heterocycles. The van der Waals surface area contributed by atoms with Gasteiger partial charge in [0.05, 0.1) is 23.6 Å². The highest BCUT2D eigenvalue weighted by Gasteiger charge is 2.24.